The van der Waals surface area contributed by atoms with Gasteiger partial charge in [0.2, 0.25) is 5.95 Å². The zero-order valence-corrected chi connectivity index (χ0v) is 27.0. The van der Waals surface area contributed by atoms with Crippen molar-refractivity contribution < 1.29 is 19.4 Å². The number of benzene rings is 3. The Labute approximate surface area is 268 Å². The number of hydrogen-bond donors (Lipinski definition) is 2. The lowest BCUT2D eigenvalue weighted by Gasteiger charge is -2.29. The number of nitrogens with zero attached hydrogens (tertiary/aromatic N) is 4. The summed E-state index contributed by atoms with van der Waals surface area (Å²) in [5.41, 5.74) is 7.44. The molecular formula is C37H39N5O4. The van der Waals surface area contributed by atoms with Crippen LogP contribution < -0.4 is 15.0 Å². The number of carboxylic acids is 1. The van der Waals surface area contributed by atoms with E-state index in [2.05, 4.69) is 35.3 Å². The van der Waals surface area contributed by atoms with E-state index >= 15 is 0 Å². The van der Waals surface area contributed by atoms with Crippen LogP contribution in [0.5, 0.6) is 5.75 Å². The van der Waals surface area contributed by atoms with E-state index in [1.807, 2.05) is 64.5 Å². The van der Waals surface area contributed by atoms with Gasteiger partial charge in [-0.1, -0.05) is 18.2 Å². The van der Waals surface area contributed by atoms with Gasteiger partial charge in [0.1, 0.15) is 5.75 Å². The lowest BCUT2D eigenvalue weighted by atomic mass is 9.83. The van der Waals surface area contributed by atoms with Gasteiger partial charge in [-0.25, -0.2) is 14.8 Å². The predicted octanol–water partition coefficient (Wildman–Crippen LogP) is 6.41. The van der Waals surface area contributed by atoms with Gasteiger partial charge < -0.3 is 24.8 Å². The highest BCUT2D eigenvalue weighted by Crippen LogP contribution is 2.46. The first kappa shape index (κ1) is 30.1. The van der Waals surface area contributed by atoms with Gasteiger partial charge in [-0.05, 0) is 91.4 Å². The molecule has 0 radical (unpaired) electrons. The number of carbonyl (C=O) groups is 1. The molecule has 2 aliphatic heterocycles. The molecule has 1 saturated heterocycles. The smallest absolute Gasteiger partial charge is 0.337 e. The van der Waals surface area contributed by atoms with E-state index in [0.717, 1.165) is 99.4 Å². The summed E-state index contributed by atoms with van der Waals surface area (Å²) >= 11 is 0. The number of fused-ring (bicyclic) bond motifs is 1. The van der Waals surface area contributed by atoms with Gasteiger partial charge in [0.15, 0.2) is 6.10 Å². The zero-order chi connectivity index (χ0) is 32.2. The second kappa shape index (κ2) is 11.6. The molecule has 2 N–H and O–H groups in total. The molecule has 0 spiro atoms. The quantitative estimate of drug-likeness (QED) is 0.223. The minimum absolute atomic E-state index is 0.618. The van der Waals surface area contributed by atoms with Crippen molar-refractivity contribution in [2.75, 3.05) is 37.7 Å². The molecule has 1 unspecified atom stereocenters. The maximum Gasteiger partial charge on any atom is 0.337 e. The Morgan fingerprint density at radius 1 is 1.00 bits per heavy atom. The first-order chi connectivity index (χ1) is 22.1. The molecule has 3 aromatic carbocycles. The SMILES string of the molecule is Cc1cc2c(C)c(-c3cnc(N4CCNCC4)nc3)ccc2c(-c2ccc3c4c(ccnc24)CCO3)c1C(OC(C)(C)C)C(=O)O. The van der Waals surface area contributed by atoms with Crippen LogP contribution in [-0.4, -0.2) is 64.4 Å². The summed E-state index contributed by atoms with van der Waals surface area (Å²) in [6.45, 7) is 13.9. The van der Waals surface area contributed by atoms with E-state index in [9.17, 15) is 9.90 Å². The molecule has 9 heteroatoms. The van der Waals surface area contributed by atoms with Crippen molar-refractivity contribution in [2.24, 2.45) is 0 Å². The lowest BCUT2D eigenvalue weighted by Crippen LogP contribution is -2.44. The first-order valence-electron chi connectivity index (χ1n) is 15.9. The van der Waals surface area contributed by atoms with Crippen molar-refractivity contribution in [3.05, 3.63) is 77.2 Å². The summed E-state index contributed by atoms with van der Waals surface area (Å²) in [7, 11) is 0. The van der Waals surface area contributed by atoms with Crippen molar-refractivity contribution in [3.63, 3.8) is 0 Å². The third-order valence-electron chi connectivity index (χ3n) is 8.98. The van der Waals surface area contributed by atoms with Gasteiger partial charge in [-0.3, -0.25) is 4.98 Å². The van der Waals surface area contributed by atoms with E-state index in [1.54, 1.807) is 0 Å². The molecule has 0 bridgehead atoms. The fourth-order valence-electron chi connectivity index (χ4n) is 6.89. The van der Waals surface area contributed by atoms with Gasteiger partial charge in [0.25, 0.3) is 0 Å². The van der Waals surface area contributed by atoms with E-state index in [-0.39, 0.29) is 0 Å². The first-order valence-corrected chi connectivity index (χ1v) is 15.9. The second-order valence-corrected chi connectivity index (χ2v) is 13.2. The maximum absolute atomic E-state index is 12.9. The summed E-state index contributed by atoms with van der Waals surface area (Å²) in [5.74, 6) is 0.507. The number of carboxylic acid groups (broad SMARTS) is 1. The second-order valence-electron chi connectivity index (χ2n) is 13.2. The molecule has 4 heterocycles. The lowest BCUT2D eigenvalue weighted by molar-refractivity contribution is -0.160. The van der Waals surface area contributed by atoms with Crippen LogP contribution in [0.3, 0.4) is 0 Å². The number of anilines is 1. The molecule has 1 fully saturated rings. The van der Waals surface area contributed by atoms with Gasteiger partial charge in [0.05, 0.1) is 17.7 Å². The van der Waals surface area contributed by atoms with E-state index < -0.39 is 17.7 Å². The van der Waals surface area contributed by atoms with Crippen molar-refractivity contribution in [1.29, 1.82) is 0 Å². The highest BCUT2D eigenvalue weighted by molar-refractivity contribution is 6.10. The standard InChI is InChI=1S/C37H39N5O4/c1-21-18-28-22(2)25(24-19-40-36(41-20-24)42-15-13-38-14-16-42)6-7-26(28)32(30(21)34(35(43)44)46-37(3,4)5)27-8-9-29-31-23(11-17-45-29)10-12-39-33(27)31/h6-10,12,18-20,34,38H,11,13-17H2,1-5H3,(H,43,44). The molecule has 5 aromatic rings. The Kier molecular flexibility index (Phi) is 7.61. The highest BCUT2D eigenvalue weighted by Gasteiger charge is 2.33. The number of ether oxygens (including phenoxy) is 2. The minimum Gasteiger partial charge on any atom is -0.493 e. The molecule has 46 heavy (non-hydrogen) atoms. The normalized spacial score (nSPS) is 15.6. The molecule has 0 aliphatic carbocycles. The molecule has 1 atom stereocenters. The number of aryl methyl sites for hydroxylation is 2. The average molecular weight is 618 g/mol. The topological polar surface area (TPSA) is 110 Å². The molecule has 0 saturated carbocycles. The number of hydrogen-bond acceptors (Lipinski definition) is 8. The Hall–Kier alpha value is -4.60. The fraction of sp³-hybridized carbons (Fsp3) is 0.351. The zero-order valence-electron chi connectivity index (χ0n) is 27.0. The summed E-state index contributed by atoms with van der Waals surface area (Å²) in [4.78, 5) is 29.4. The Bertz CT molecular complexity index is 1970. The van der Waals surface area contributed by atoms with E-state index in [4.69, 9.17) is 24.4 Å². The number of aromatic nitrogens is 3. The van der Waals surface area contributed by atoms with Gasteiger partial charge in [-0.2, -0.15) is 0 Å². The Balaban J connectivity index is 1.46. The molecule has 9 nitrogen and oxygen atoms in total. The minimum atomic E-state index is -1.19. The molecule has 7 rings (SSSR count). The van der Waals surface area contributed by atoms with Crippen LogP contribution in [0.25, 0.3) is 43.9 Å². The summed E-state index contributed by atoms with van der Waals surface area (Å²) in [6.07, 6.45) is 5.23. The summed E-state index contributed by atoms with van der Waals surface area (Å²) in [6, 6.07) is 12.3. The maximum atomic E-state index is 12.9. The van der Waals surface area contributed by atoms with Crippen LogP contribution in [0.4, 0.5) is 5.95 Å². The number of pyridine rings is 1. The molecule has 2 aliphatic rings. The number of piperazine rings is 1. The van der Waals surface area contributed by atoms with Crippen LogP contribution in [-0.2, 0) is 16.0 Å². The summed E-state index contributed by atoms with van der Waals surface area (Å²) < 4.78 is 12.3. The molecular weight excluding hydrogens is 578 g/mol. The van der Waals surface area contributed by atoms with E-state index in [1.165, 1.54) is 5.56 Å². The largest absolute Gasteiger partial charge is 0.493 e. The van der Waals surface area contributed by atoms with Crippen LogP contribution in [0, 0.1) is 13.8 Å². The molecule has 236 valence electrons. The number of aliphatic carboxylic acids is 1. The number of nitrogens with one attached hydrogen (secondary N) is 1. The van der Waals surface area contributed by atoms with Crippen LogP contribution in [0.15, 0.2) is 55.0 Å². The third-order valence-corrected chi connectivity index (χ3v) is 8.98. The van der Waals surface area contributed by atoms with E-state index in [0.29, 0.717) is 12.2 Å². The van der Waals surface area contributed by atoms with Crippen molar-refractivity contribution >= 4 is 33.6 Å². The molecule has 0 amide bonds. The predicted molar refractivity (Wildman–Crippen MR) is 181 cm³/mol. The number of rotatable bonds is 6. The average Bonchev–Trinajstić information content (AvgIpc) is 3.04. The van der Waals surface area contributed by atoms with Crippen LogP contribution in [0.2, 0.25) is 0 Å². The van der Waals surface area contributed by atoms with Crippen molar-refractivity contribution in [1.82, 2.24) is 20.3 Å². The van der Waals surface area contributed by atoms with Gasteiger partial charge >= 0.3 is 5.97 Å². The summed E-state index contributed by atoms with van der Waals surface area (Å²) in [5, 5.41) is 16.9. The van der Waals surface area contributed by atoms with Crippen molar-refractivity contribution in [2.45, 2.75) is 52.7 Å². The molecule has 2 aromatic heterocycles. The van der Waals surface area contributed by atoms with Gasteiger partial charge in [0, 0.05) is 73.3 Å². The Morgan fingerprint density at radius 3 is 2.46 bits per heavy atom. The third kappa shape index (κ3) is 5.33. The highest BCUT2D eigenvalue weighted by atomic mass is 16.5. The Morgan fingerprint density at radius 2 is 1.74 bits per heavy atom. The monoisotopic (exact) mass is 617 g/mol. The van der Waals surface area contributed by atoms with Crippen LogP contribution >= 0.6 is 0 Å². The van der Waals surface area contributed by atoms with Crippen LogP contribution in [0.1, 0.15) is 49.1 Å². The van der Waals surface area contributed by atoms with Gasteiger partial charge in [-0.15, -0.1) is 0 Å². The van der Waals surface area contributed by atoms with Crippen molar-refractivity contribution in [3.8, 4) is 28.0 Å². The fourth-order valence-corrected chi connectivity index (χ4v) is 6.89.